The molecule has 0 aliphatic carbocycles. The molecule has 0 aromatic heterocycles. The van der Waals surface area contributed by atoms with E-state index in [1.165, 1.54) is 18.4 Å². The van der Waals surface area contributed by atoms with Crippen molar-refractivity contribution < 1.29 is 0 Å². The number of benzene rings is 1. The van der Waals surface area contributed by atoms with Crippen LogP contribution in [0.15, 0.2) is 36.9 Å². The highest BCUT2D eigenvalue weighted by Gasteiger charge is 2.11. The summed E-state index contributed by atoms with van der Waals surface area (Å²) in [6, 6.07) is 8.21. The van der Waals surface area contributed by atoms with E-state index in [1.54, 1.807) is 0 Å². The molecule has 0 bridgehead atoms. The molecule has 3 heteroatoms. The van der Waals surface area contributed by atoms with Crippen molar-refractivity contribution in [2.45, 2.75) is 25.7 Å². The van der Waals surface area contributed by atoms with Crippen molar-refractivity contribution in [3.63, 3.8) is 0 Å². The van der Waals surface area contributed by atoms with Gasteiger partial charge in [0.05, 0.1) is 0 Å². The van der Waals surface area contributed by atoms with Gasteiger partial charge >= 0.3 is 7.42 Å². The molecule has 0 spiro atoms. The first-order valence-electron chi connectivity index (χ1n) is 5.13. The standard InChI is InChI=1S/C12H15Cl2Si/c1-2-3-4-5-8-11-9-6-7-10-12(11)15(13)14/h2,6-7,9-10H,1,3-5,8H2. The second-order valence-electron chi connectivity index (χ2n) is 3.45. The first kappa shape index (κ1) is 12.8. The minimum absolute atomic E-state index is 1.07. The van der Waals surface area contributed by atoms with Crippen molar-refractivity contribution >= 4 is 34.8 Å². The molecule has 0 nitrogen and oxygen atoms in total. The zero-order valence-electron chi connectivity index (χ0n) is 8.68. The van der Waals surface area contributed by atoms with Gasteiger partial charge in [-0.15, -0.1) is 28.7 Å². The molecule has 1 rings (SSSR count). The van der Waals surface area contributed by atoms with Crippen LogP contribution in [0.3, 0.4) is 0 Å². The molecule has 0 saturated carbocycles. The lowest BCUT2D eigenvalue weighted by Gasteiger charge is -2.07. The van der Waals surface area contributed by atoms with Crippen LogP contribution in [0.25, 0.3) is 0 Å². The zero-order chi connectivity index (χ0) is 11.1. The highest BCUT2D eigenvalue weighted by molar-refractivity contribution is 7.39. The lowest BCUT2D eigenvalue weighted by Crippen LogP contribution is -2.22. The number of unbranched alkanes of at least 4 members (excludes halogenated alkanes) is 2. The van der Waals surface area contributed by atoms with Gasteiger partial charge in [0.25, 0.3) is 0 Å². The molecule has 0 atom stereocenters. The molecule has 1 aromatic carbocycles. The summed E-state index contributed by atoms with van der Waals surface area (Å²) >= 11 is 12.0. The van der Waals surface area contributed by atoms with Crippen LogP contribution in [0.2, 0.25) is 0 Å². The largest absolute Gasteiger partial charge is 0.307 e. The summed E-state index contributed by atoms with van der Waals surface area (Å²) in [7, 11) is -1.36. The third-order valence-electron chi connectivity index (χ3n) is 2.33. The van der Waals surface area contributed by atoms with E-state index in [0.29, 0.717) is 0 Å². The van der Waals surface area contributed by atoms with E-state index in [2.05, 4.69) is 12.6 Å². The Morgan fingerprint density at radius 1 is 1.20 bits per heavy atom. The third-order valence-corrected chi connectivity index (χ3v) is 4.44. The molecule has 0 N–H and O–H groups in total. The molecule has 0 unspecified atom stereocenters. The molecule has 0 aliphatic heterocycles. The molecule has 0 saturated heterocycles. The Kier molecular flexibility index (Phi) is 6.07. The smallest absolute Gasteiger partial charge is 0.140 e. The van der Waals surface area contributed by atoms with Gasteiger partial charge in [-0.05, 0) is 36.4 Å². The summed E-state index contributed by atoms with van der Waals surface area (Å²) in [5.74, 6) is 0. The Morgan fingerprint density at radius 3 is 2.60 bits per heavy atom. The zero-order valence-corrected chi connectivity index (χ0v) is 11.2. The van der Waals surface area contributed by atoms with Crippen LogP contribution < -0.4 is 5.19 Å². The van der Waals surface area contributed by atoms with Gasteiger partial charge in [-0.2, -0.15) is 0 Å². The molecular formula is C12H15Cl2Si. The predicted octanol–water partition coefficient (Wildman–Crippen LogP) is 3.76. The minimum Gasteiger partial charge on any atom is -0.140 e. The summed E-state index contributed by atoms with van der Waals surface area (Å²) < 4.78 is 0. The summed E-state index contributed by atoms with van der Waals surface area (Å²) in [6.07, 6.45) is 6.47. The Bertz CT molecular complexity index is 310. The number of aryl methyl sites for hydroxylation is 1. The average molecular weight is 258 g/mol. The normalized spacial score (nSPS) is 10.6. The Balaban J connectivity index is 2.55. The van der Waals surface area contributed by atoms with E-state index in [9.17, 15) is 0 Å². The third kappa shape index (κ3) is 4.41. The second-order valence-corrected chi connectivity index (χ2v) is 7.36. The number of halogens is 2. The lowest BCUT2D eigenvalue weighted by atomic mass is 10.1. The van der Waals surface area contributed by atoms with Crippen molar-refractivity contribution in [3.05, 3.63) is 42.5 Å². The van der Waals surface area contributed by atoms with Crippen molar-refractivity contribution in [2.75, 3.05) is 0 Å². The van der Waals surface area contributed by atoms with E-state index in [-0.39, 0.29) is 0 Å². The Morgan fingerprint density at radius 2 is 1.93 bits per heavy atom. The number of rotatable bonds is 6. The van der Waals surface area contributed by atoms with E-state index in [1.807, 2.05) is 24.3 Å². The average Bonchev–Trinajstić information content (AvgIpc) is 2.25. The topological polar surface area (TPSA) is 0 Å². The number of hydrogen-bond acceptors (Lipinski definition) is 0. The van der Waals surface area contributed by atoms with E-state index >= 15 is 0 Å². The monoisotopic (exact) mass is 257 g/mol. The van der Waals surface area contributed by atoms with Crippen molar-refractivity contribution in [1.82, 2.24) is 0 Å². The summed E-state index contributed by atoms with van der Waals surface area (Å²) in [5.41, 5.74) is 1.31. The number of allylic oxidation sites excluding steroid dienone is 1. The van der Waals surface area contributed by atoms with Crippen LogP contribution in [0.1, 0.15) is 24.8 Å². The summed E-state index contributed by atoms with van der Waals surface area (Å²) in [5, 5.41) is 1.14. The van der Waals surface area contributed by atoms with Crippen LogP contribution >= 0.6 is 22.2 Å². The summed E-state index contributed by atoms with van der Waals surface area (Å²) in [6.45, 7) is 3.71. The fourth-order valence-corrected chi connectivity index (χ4v) is 3.31. The summed E-state index contributed by atoms with van der Waals surface area (Å²) in [4.78, 5) is 0. The lowest BCUT2D eigenvalue weighted by molar-refractivity contribution is 0.750. The minimum atomic E-state index is -1.36. The van der Waals surface area contributed by atoms with Crippen molar-refractivity contribution in [1.29, 1.82) is 0 Å². The van der Waals surface area contributed by atoms with Gasteiger partial charge in [0.15, 0.2) is 0 Å². The molecule has 15 heavy (non-hydrogen) atoms. The fourth-order valence-electron chi connectivity index (χ4n) is 1.53. The molecule has 1 radical (unpaired) electrons. The van der Waals surface area contributed by atoms with Crippen molar-refractivity contribution in [3.8, 4) is 0 Å². The van der Waals surface area contributed by atoms with E-state index in [0.717, 1.165) is 18.0 Å². The van der Waals surface area contributed by atoms with Crippen molar-refractivity contribution in [2.24, 2.45) is 0 Å². The maximum Gasteiger partial charge on any atom is 0.307 e. The van der Waals surface area contributed by atoms with Crippen LogP contribution in [0.5, 0.6) is 0 Å². The van der Waals surface area contributed by atoms with Gasteiger partial charge in [-0.1, -0.05) is 30.3 Å². The molecule has 0 heterocycles. The maximum atomic E-state index is 6.00. The van der Waals surface area contributed by atoms with Gasteiger partial charge in [-0.3, -0.25) is 0 Å². The van der Waals surface area contributed by atoms with Crippen LogP contribution in [0.4, 0.5) is 0 Å². The highest BCUT2D eigenvalue weighted by atomic mass is 35.7. The Hall–Kier alpha value is -0.243. The second kappa shape index (κ2) is 7.10. The first-order chi connectivity index (χ1) is 7.25. The molecule has 1 aromatic rings. The first-order valence-corrected chi connectivity index (χ1v) is 8.65. The van der Waals surface area contributed by atoms with Gasteiger partial charge in [-0.25, -0.2) is 0 Å². The molecular weight excluding hydrogens is 243 g/mol. The highest BCUT2D eigenvalue weighted by Crippen LogP contribution is 2.08. The van der Waals surface area contributed by atoms with Crippen LogP contribution in [-0.2, 0) is 6.42 Å². The molecule has 0 fully saturated rings. The maximum absolute atomic E-state index is 6.00. The molecule has 0 aliphatic rings. The van der Waals surface area contributed by atoms with Crippen LogP contribution in [-0.4, -0.2) is 7.42 Å². The van der Waals surface area contributed by atoms with Gasteiger partial charge in [0, 0.05) is 0 Å². The van der Waals surface area contributed by atoms with Gasteiger partial charge in [0.2, 0.25) is 0 Å². The number of hydrogen-bond donors (Lipinski definition) is 0. The van der Waals surface area contributed by atoms with Crippen LogP contribution in [0, 0.1) is 0 Å². The molecule has 81 valence electrons. The van der Waals surface area contributed by atoms with Gasteiger partial charge in [0.1, 0.15) is 0 Å². The fraction of sp³-hybridized carbons (Fsp3) is 0.333. The van der Waals surface area contributed by atoms with E-state index < -0.39 is 7.42 Å². The SMILES string of the molecule is C=CCCCCc1ccccc1[Si](Cl)Cl. The quantitative estimate of drug-likeness (QED) is 0.315. The molecule has 0 amide bonds. The predicted molar refractivity (Wildman–Crippen MR) is 71.3 cm³/mol. The van der Waals surface area contributed by atoms with Gasteiger partial charge < -0.3 is 0 Å². The Labute approximate surface area is 103 Å². The van der Waals surface area contributed by atoms with E-state index in [4.69, 9.17) is 22.2 Å².